The minimum absolute atomic E-state index is 0.123. The molecule has 1 amide bonds. The number of amides is 1. The number of nitrogens with one attached hydrogen (secondary N) is 1. The summed E-state index contributed by atoms with van der Waals surface area (Å²) in [5.74, 6) is 1.48. The Morgan fingerprint density at radius 1 is 1.30 bits per heavy atom. The average Bonchev–Trinajstić information content (AvgIpc) is 3.15. The predicted molar refractivity (Wildman–Crippen MR) is 87.1 cm³/mol. The number of hydrogen-bond donors (Lipinski definition) is 1. The Morgan fingerprint density at radius 3 is 2.61 bits per heavy atom. The summed E-state index contributed by atoms with van der Waals surface area (Å²) < 4.78 is 5.26. The first kappa shape index (κ1) is 16.4. The number of piperidine rings is 1. The Morgan fingerprint density at radius 2 is 2.04 bits per heavy atom. The Bertz CT molecular complexity index is 545. The maximum absolute atomic E-state index is 12.4. The van der Waals surface area contributed by atoms with Crippen LogP contribution in [0.15, 0.2) is 4.52 Å². The van der Waals surface area contributed by atoms with Crippen molar-refractivity contribution in [3.63, 3.8) is 0 Å². The molecule has 6 nitrogen and oxygen atoms in total. The molecule has 0 radical (unpaired) electrons. The van der Waals surface area contributed by atoms with Crippen molar-refractivity contribution in [2.75, 3.05) is 26.2 Å². The van der Waals surface area contributed by atoms with E-state index in [-0.39, 0.29) is 11.3 Å². The summed E-state index contributed by atoms with van der Waals surface area (Å²) in [7, 11) is 0. The van der Waals surface area contributed by atoms with Gasteiger partial charge in [-0.3, -0.25) is 4.79 Å². The highest BCUT2D eigenvalue weighted by molar-refractivity contribution is 5.76. The zero-order valence-corrected chi connectivity index (χ0v) is 14.5. The Hall–Kier alpha value is -1.43. The molecule has 3 rings (SSSR count). The maximum atomic E-state index is 12.4. The molecule has 2 aliphatic heterocycles. The molecular formula is C17H28N4O2. The lowest BCUT2D eigenvalue weighted by molar-refractivity contribution is -0.133. The van der Waals surface area contributed by atoms with Crippen molar-refractivity contribution in [2.45, 2.75) is 58.3 Å². The lowest BCUT2D eigenvalue weighted by Gasteiger charge is -2.38. The van der Waals surface area contributed by atoms with Crippen LogP contribution < -0.4 is 5.32 Å². The van der Waals surface area contributed by atoms with E-state index in [1.807, 2.05) is 25.7 Å². The van der Waals surface area contributed by atoms with Gasteiger partial charge in [0.25, 0.3) is 0 Å². The van der Waals surface area contributed by atoms with E-state index in [9.17, 15) is 4.79 Å². The second kappa shape index (κ2) is 6.23. The number of aryl methyl sites for hydroxylation is 1. The van der Waals surface area contributed by atoms with E-state index in [0.29, 0.717) is 30.0 Å². The molecule has 0 atom stereocenters. The van der Waals surface area contributed by atoms with Crippen molar-refractivity contribution in [1.29, 1.82) is 0 Å². The zero-order valence-electron chi connectivity index (χ0n) is 14.5. The highest BCUT2D eigenvalue weighted by atomic mass is 16.5. The van der Waals surface area contributed by atoms with Gasteiger partial charge in [0.1, 0.15) is 0 Å². The third-order valence-corrected chi connectivity index (χ3v) is 5.20. The molecule has 2 saturated heterocycles. The van der Waals surface area contributed by atoms with Crippen LogP contribution in [0.5, 0.6) is 0 Å². The lowest BCUT2D eigenvalue weighted by Crippen LogP contribution is -2.44. The second-order valence-electron chi connectivity index (χ2n) is 8.07. The molecule has 1 spiro atoms. The number of carbonyl (C=O) groups is 1. The van der Waals surface area contributed by atoms with Crippen LogP contribution in [-0.4, -0.2) is 47.1 Å². The van der Waals surface area contributed by atoms with Gasteiger partial charge in [-0.05, 0) is 31.2 Å². The Balaban J connectivity index is 1.47. The predicted octanol–water partition coefficient (Wildman–Crippen LogP) is 1.90. The van der Waals surface area contributed by atoms with E-state index in [1.54, 1.807) is 0 Å². The van der Waals surface area contributed by atoms with Gasteiger partial charge in [0.15, 0.2) is 5.82 Å². The van der Waals surface area contributed by atoms with E-state index in [4.69, 9.17) is 4.52 Å². The van der Waals surface area contributed by atoms with Crippen LogP contribution in [0.4, 0.5) is 0 Å². The second-order valence-corrected chi connectivity index (χ2v) is 8.07. The van der Waals surface area contributed by atoms with Crippen LogP contribution in [0.3, 0.4) is 0 Å². The van der Waals surface area contributed by atoms with Gasteiger partial charge in [0.2, 0.25) is 11.8 Å². The van der Waals surface area contributed by atoms with Gasteiger partial charge in [-0.25, -0.2) is 0 Å². The summed E-state index contributed by atoms with van der Waals surface area (Å²) in [6.45, 7) is 10.2. The van der Waals surface area contributed by atoms with Crippen LogP contribution in [0, 0.1) is 5.41 Å². The summed E-state index contributed by atoms with van der Waals surface area (Å²) in [5, 5.41) is 7.46. The average molecular weight is 320 g/mol. The number of aromatic nitrogens is 2. The fourth-order valence-corrected chi connectivity index (χ4v) is 3.49. The fourth-order valence-electron chi connectivity index (χ4n) is 3.49. The van der Waals surface area contributed by atoms with E-state index in [0.717, 1.165) is 39.0 Å². The Kier molecular flexibility index (Phi) is 4.45. The molecule has 1 aromatic rings. The minimum Gasteiger partial charge on any atom is -0.343 e. The fraction of sp³-hybridized carbons (Fsp3) is 0.824. The van der Waals surface area contributed by atoms with E-state index < -0.39 is 0 Å². The summed E-state index contributed by atoms with van der Waals surface area (Å²) in [6.07, 6.45) is 4.50. The van der Waals surface area contributed by atoms with E-state index >= 15 is 0 Å². The highest BCUT2D eigenvalue weighted by Crippen LogP contribution is 2.37. The highest BCUT2D eigenvalue weighted by Gasteiger charge is 2.37. The molecule has 23 heavy (non-hydrogen) atoms. The maximum Gasteiger partial charge on any atom is 0.227 e. The molecule has 128 valence electrons. The van der Waals surface area contributed by atoms with Crippen molar-refractivity contribution >= 4 is 5.91 Å². The lowest BCUT2D eigenvalue weighted by atomic mass is 9.78. The molecule has 3 heterocycles. The molecule has 0 aromatic carbocycles. The first-order valence-corrected chi connectivity index (χ1v) is 8.70. The number of nitrogens with zero attached hydrogens (tertiary/aromatic N) is 3. The van der Waals surface area contributed by atoms with Crippen LogP contribution in [0.25, 0.3) is 0 Å². The van der Waals surface area contributed by atoms with Gasteiger partial charge in [0, 0.05) is 37.9 Å². The largest absolute Gasteiger partial charge is 0.343 e. The van der Waals surface area contributed by atoms with Crippen LogP contribution in [0.2, 0.25) is 0 Å². The van der Waals surface area contributed by atoms with Crippen LogP contribution in [-0.2, 0) is 16.6 Å². The number of rotatable bonds is 3. The van der Waals surface area contributed by atoms with Crippen LogP contribution >= 0.6 is 0 Å². The SMILES string of the molecule is CC(C)(C)c1noc(CCC(=O)N2CCC3(CCNC3)CC2)n1. The molecular weight excluding hydrogens is 292 g/mol. The zero-order chi connectivity index (χ0) is 16.5. The standard InChI is InChI=1S/C17H28N4O2/c1-16(2,3)15-19-13(23-20-15)4-5-14(22)21-10-7-17(8-11-21)6-9-18-12-17/h18H,4-12H2,1-3H3. The van der Waals surface area contributed by atoms with Crippen molar-refractivity contribution < 1.29 is 9.32 Å². The number of hydrogen-bond acceptors (Lipinski definition) is 5. The third kappa shape index (κ3) is 3.74. The van der Waals surface area contributed by atoms with E-state index in [1.165, 1.54) is 6.42 Å². The van der Waals surface area contributed by atoms with Crippen molar-refractivity contribution in [1.82, 2.24) is 20.4 Å². The van der Waals surface area contributed by atoms with Crippen molar-refractivity contribution in [2.24, 2.45) is 5.41 Å². The van der Waals surface area contributed by atoms with Crippen LogP contribution in [0.1, 0.15) is 58.2 Å². The molecule has 2 fully saturated rings. The quantitative estimate of drug-likeness (QED) is 0.921. The van der Waals surface area contributed by atoms with Crippen molar-refractivity contribution in [3.8, 4) is 0 Å². The van der Waals surface area contributed by atoms with Gasteiger partial charge in [-0.15, -0.1) is 0 Å². The smallest absolute Gasteiger partial charge is 0.227 e. The van der Waals surface area contributed by atoms with Gasteiger partial charge < -0.3 is 14.7 Å². The third-order valence-electron chi connectivity index (χ3n) is 5.20. The molecule has 2 aliphatic rings. The number of carbonyl (C=O) groups excluding carboxylic acids is 1. The van der Waals surface area contributed by atoms with Crippen molar-refractivity contribution in [3.05, 3.63) is 11.7 Å². The van der Waals surface area contributed by atoms with Gasteiger partial charge in [0.05, 0.1) is 0 Å². The first-order valence-electron chi connectivity index (χ1n) is 8.70. The summed E-state index contributed by atoms with van der Waals surface area (Å²) in [6, 6.07) is 0. The summed E-state index contributed by atoms with van der Waals surface area (Å²) in [4.78, 5) is 18.8. The minimum atomic E-state index is -0.123. The first-order chi connectivity index (χ1) is 10.9. The van der Waals surface area contributed by atoms with E-state index in [2.05, 4.69) is 15.5 Å². The van der Waals surface area contributed by atoms with Gasteiger partial charge >= 0.3 is 0 Å². The monoisotopic (exact) mass is 320 g/mol. The van der Waals surface area contributed by atoms with Gasteiger partial charge in [-0.1, -0.05) is 25.9 Å². The van der Waals surface area contributed by atoms with Gasteiger partial charge in [-0.2, -0.15) is 4.98 Å². The summed E-state index contributed by atoms with van der Waals surface area (Å²) >= 11 is 0. The molecule has 0 saturated carbocycles. The normalized spacial score (nSPS) is 21.1. The molecule has 0 bridgehead atoms. The Labute approximate surface area is 138 Å². The summed E-state index contributed by atoms with van der Waals surface area (Å²) in [5.41, 5.74) is 0.327. The molecule has 0 unspecified atom stereocenters. The molecule has 6 heteroatoms. The molecule has 0 aliphatic carbocycles. The molecule has 1 aromatic heterocycles. The topological polar surface area (TPSA) is 71.3 Å². The molecule has 1 N–H and O–H groups in total. The number of likely N-dealkylation sites (tertiary alicyclic amines) is 1.